The van der Waals surface area contributed by atoms with Crippen molar-refractivity contribution in [2.75, 3.05) is 0 Å². The maximum absolute atomic E-state index is 5.08. The van der Waals surface area contributed by atoms with Crippen LogP contribution in [0.4, 0.5) is 0 Å². The largest absolute Gasteiger partial charge is 0.350 e. The van der Waals surface area contributed by atoms with E-state index in [4.69, 9.17) is 9.98 Å². The van der Waals surface area contributed by atoms with Crippen LogP contribution >= 0.6 is 11.3 Å². The first-order chi connectivity index (χ1) is 21.3. The Balaban J connectivity index is 1.11. The maximum atomic E-state index is 5.08. The second kappa shape index (κ2) is 11.0. The standard InChI is InChI=1S/C38H28N4S/c1-4-10-26(11-5-1)35-40-36(27-12-6-2-7-13-27)42-37(41-35)28-18-16-25(17-19-28)30-20-22-32-31(24-30)21-23-33-34(32)43-38(39-33)29-14-8-3-9-15-29/h1-24,35-36,40H,(H,41,42). The van der Waals surface area contributed by atoms with Crippen LogP contribution in [0.15, 0.2) is 151 Å². The van der Waals surface area contributed by atoms with E-state index in [0.717, 1.165) is 33.1 Å². The molecule has 1 aliphatic rings. The van der Waals surface area contributed by atoms with Crippen molar-refractivity contribution in [1.82, 2.24) is 15.6 Å². The summed E-state index contributed by atoms with van der Waals surface area (Å²) in [6.45, 7) is 0. The molecule has 0 radical (unpaired) electrons. The molecular weight excluding hydrogens is 545 g/mol. The molecule has 1 aliphatic heterocycles. The number of rotatable bonds is 5. The van der Waals surface area contributed by atoms with Crippen molar-refractivity contribution in [3.05, 3.63) is 162 Å². The van der Waals surface area contributed by atoms with Gasteiger partial charge in [-0.15, -0.1) is 11.3 Å². The van der Waals surface area contributed by atoms with E-state index in [2.05, 4.69) is 138 Å². The second-order valence-corrected chi connectivity index (χ2v) is 11.8. The highest BCUT2D eigenvalue weighted by Gasteiger charge is 2.25. The summed E-state index contributed by atoms with van der Waals surface area (Å²) < 4.78 is 1.23. The average molecular weight is 573 g/mol. The van der Waals surface area contributed by atoms with Crippen LogP contribution in [0.25, 0.3) is 42.7 Å². The van der Waals surface area contributed by atoms with E-state index in [1.807, 2.05) is 18.2 Å². The number of aromatic nitrogens is 1. The van der Waals surface area contributed by atoms with Crippen molar-refractivity contribution in [3.63, 3.8) is 0 Å². The van der Waals surface area contributed by atoms with Crippen LogP contribution < -0.4 is 10.6 Å². The van der Waals surface area contributed by atoms with Crippen LogP contribution in [-0.4, -0.2) is 10.8 Å². The van der Waals surface area contributed by atoms with Gasteiger partial charge in [-0.25, -0.2) is 9.98 Å². The minimum atomic E-state index is -0.145. The fourth-order valence-corrected chi connectivity index (χ4v) is 6.85. The Labute approximate surface area is 254 Å². The molecule has 7 aromatic rings. The molecule has 6 aromatic carbocycles. The fourth-order valence-electron chi connectivity index (χ4n) is 5.75. The lowest BCUT2D eigenvalue weighted by molar-refractivity contribution is 0.409. The third-order valence-corrected chi connectivity index (χ3v) is 9.15. The Hall–Kier alpha value is -5.10. The Morgan fingerprint density at radius 3 is 1.95 bits per heavy atom. The summed E-state index contributed by atoms with van der Waals surface area (Å²) in [5, 5.41) is 10.8. The Morgan fingerprint density at radius 1 is 0.558 bits per heavy atom. The fraction of sp³-hybridized carbons (Fsp3) is 0.0526. The third-order valence-electron chi connectivity index (χ3n) is 7.99. The molecule has 4 nitrogen and oxygen atoms in total. The molecule has 0 fully saturated rings. The first-order valence-electron chi connectivity index (χ1n) is 14.5. The average Bonchev–Trinajstić information content (AvgIpc) is 3.54. The number of fused-ring (bicyclic) bond motifs is 3. The number of nitrogens with one attached hydrogen (secondary N) is 2. The first-order valence-corrected chi connectivity index (χ1v) is 15.3. The molecular formula is C38H28N4S. The first kappa shape index (κ1) is 25.6. The Kier molecular flexibility index (Phi) is 6.52. The molecule has 0 spiro atoms. The van der Waals surface area contributed by atoms with E-state index >= 15 is 0 Å². The van der Waals surface area contributed by atoms with E-state index in [0.29, 0.717) is 0 Å². The van der Waals surface area contributed by atoms with Crippen LogP contribution in [0.3, 0.4) is 0 Å². The Bertz CT molecular complexity index is 2070. The lowest BCUT2D eigenvalue weighted by Gasteiger charge is -2.32. The van der Waals surface area contributed by atoms with Crippen molar-refractivity contribution in [3.8, 4) is 21.7 Å². The summed E-state index contributed by atoms with van der Waals surface area (Å²) in [4.78, 5) is 10.00. The number of thiazole rings is 1. The molecule has 206 valence electrons. The lowest BCUT2D eigenvalue weighted by atomic mass is 9.99. The molecule has 1 aromatic heterocycles. The molecule has 2 atom stereocenters. The van der Waals surface area contributed by atoms with E-state index in [1.54, 1.807) is 11.3 Å². The third kappa shape index (κ3) is 4.99. The zero-order valence-corrected chi connectivity index (χ0v) is 24.1. The van der Waals surface area contributed by atoms with Gasteiger partial charge < -0.3 is 5.32 Å². The molecule has 2 heterocycles. The van der Waals surface area contributed by atoms with Gasteiger partial charge >= 0.3 is 0 Å². The van der Waals surface area contributed by atoms with Crippen molar-refractivity contribution < 1.29 is 0 Å². The smallest absolute Gasteiger partial charge is 0.131 e. The topological polar surface area (TPSA) is 49.3 Å². The molecule has 0 bridgehead atoms. The van der Waals surface area contributed by atoms with E-state index in [1.165, 1.54) is 32.2 Å². The monoisotopic (exact) mass is 572 g/mol. The minimum Gasteiger partial charge on any atom is -0.350 e. The van der Waals surface area contributed by atoms with Crippen LogP contribution in [0, 0.1) is 0 Å². The van der Waals surface area contributed by atoms with Gasteiger partial charge in [-0.2, -0.15) is 0 Å². The molecule has 2 N–H and O–H groups in total. The highest BCUT2D eigenvalue weighted by molar-refractivity contribution is 7.22. The van der Waals surface area contributed by atoms with Crippen molar-refractivity contribution >= 4 is 38.2 Å². The van der Waals surface area contributed by atoms with E-state index in [9.17, 15) is 0 Å². The van der Waals surface area contributed by atoms with Crippen LogP contribution in [0.1, 0.15) is 29.0 Å². The molecule has 0 saturated heterocycles. The summed E-state index contributed by atoms with van der Waals surface area (Å²) in [5.41, 5.74) is 7.95. The summed E-state index contributed by atoms with van der Waals surface area (Å²) in [7, 11) is 0. The highest BCUT2D eigenvalue weighted by Crippen LogP contribution is 2.36. The number of hydrogen-bond donors (Lipinski definition) is 2. The number of hydrogen-bond acceptors (Lipinski definition) is 5. The van der Waals surface area contributed by atoms with Gasteiger partial charge in [0.2, 0.25) is 0 Å². The van der Waals surface area contributed by atoms with E-state index < -0.39 is 0 Å². The van der Waals surface area contributed by atoms with Crippen LogP contribution in [0.5, 0.6) is 0 Å². The molecule has 0 amide bonds. The molecule has 8 rings (SSSR count). The molecule has 5 heteroatoms. The van der Waals surface area contributed by atoms with E-state index in [-0.39, 0.29) is 12.3 Å². The number of aliphatic imine (C=N–C) groups is 1. The predicted molar refractivity (Wildman–Crippen MR) is 179 cm³/mol. The lowest BCUT2D eigenvalue weighted by Crippen LogP contribution is -2.44. The van der Waals surface area contributed by atoms with Crippen LogP contribution in [0.2, 0.25) is 0 Å². The van der Waals surface area contributed by atoms with Crippen molar-refractivity contribution in [2.24, 2.45) is 4.99 Å². The number of amidine groups is 1. The zero-order valence-electron chi connectivity index (χ0n) is 23.3. The normalized spacial score (nSPS) is 16.6. The predicted octanol–water partition coefficient (Wildman–Crippen LogP) is 9.12. The van der Waals surface area contributed by atoms with Crippen LogP contribution in [-0.2, 0) is 0 Å². The molecule has 2 unspecified atom stereocenters. The highest BCUT2D eigenvalue weighted by atomic mass is 32.1. The van der Waals surface area contributed by atoms with Crippen molar-refractivity contribution in [2.45, 2.75) is 12.3 Å². The van der Waals surface area contributed by atoms with Gasteiger partial charge in [-0.1, -0.05) is 133 Å². The molecule has 0 saturated carbocycles. The quantitative estimate of drug-likeness (QED) is 0.216. The van der Waals surface area contributed by atoms with Gasteiger partial charge in [0, 0.05) is 16.5 Å². The maximum Gasteiger partial charge on any atom is 0.131 e. The number of nitrogens with zero attached hydrogens (tertiary/aromatic N) is 2. The van der Waals surface area contributed by atoms with Crippen molar-refractivity contribution in [1.29, 1.82) is 0 Å². The van der Waals surface area contributed by atoms with Gasteiger partial charge in [0.15, 0.2) is 0 Å². The van der Waals surface area contributed by atoms with Gasteiger partial charge in [0.25, 0.3) is 0 Å². The molecule has 0 aliphatic carbocycles. The van der Waals surface area contributed by atoms with Gasteiger partial charge in [0.1, 0.15) is 23.2 Å². The minimum absolute atomic E-state index is 0.0509. The van der Waals surface area contributed by atoms with Gasteiger partial charge in [-0.05, 0) is 39.8 Å². The number of benzene rings is 6. The zero-order chi connectivity index (χ0) is 28.6. The molecule has 43 heavy (non-hydrogen) atoms. The second-order valence-electron chi connectivity index (χ2n) is 10.8. The summed E-state index contributed by atoms with van der Waals surface area (Å²) in [5.74, 6) is 0.883. The summed E-state index contributed by atoms with van der Waals surface area (Å²) >= 11 is 1.76. The summed E-state index contributed by atoms with van der Waals surface area (Å²) in [6, 6.07) is 51.1. The Morgan fingerprint density at radius 2 is 1.21 bits per heavy atom. The van der Waals surface area contributed by atoms with Gasteiger partial charge in [-0.3, -0.25) is 5.32 Å². The van der Waals surface area contributed by atoms with Gasteiger partial charge in [0.05, 0.1) is 10.2 Å². The summed E-state index contributed by atoms with van der Waals surface area (Å²) in [6.07, 6.45) is -0.195. The SMILES string of the molecule is c1ccc(-c2nc3ccc4cc(-c5ccc(C6=NC(c7ccccc7)NC(c7ccccc7)N6)cc5)ccc4c3s2)cc1.